The van der Waals surface area contributed by atoms with Crippen LogP contribution in [-0.2, 0) is 0 Å². The molecule has 0 amide bonds. The van der Waals surface area contributed by atoms with E-state index in [1.54, 1.807) is 0 Å². The second-order valence-corrected chi connectivity index (χ2v) is 2.87. The summed E-state index contributed by atoms with van der Waals surface area (Å²) < 4.78 is 0.745. The van der Waals surface area contributed by atoms with Gasteiger partial charge in [0.25, 0.3) is 0 Å². The minimum Gasteiger partial charge on any atom is -0.427 e. The van der Waals surface area contributed by atoms with E-state index in [2.05, 4.69) is 4.98 Å². The Hall–Kier alpha value is -2.10. The lowest BCUT2D eigenvalue weighted by molar-refractivity contribution is 0.170. The monoisotopic (exact) mass is 187 g/mol. The third-order valence-electron chi connectivity index (χ3n) is 1.89. The van der Waals surface area contributed by atoms with E-state index < -0.39 is 0 Å². The van der Waals surface area contributed by atoms with Gasteiger partial charge in [-0.15, -0.1) is 0 Å². The summed E-state index contributed by atoms with van der Waals surface area (Å²) in [5, 5.41) is 16.5. The van der Waals surface area contributed by atoms with Crippen molar-refractivity contribution in [3.8, 4) is 11.3 Å². The first kappa shape index (κ1) is 8.50. The molecule has 70 valence electrons. The highest BCUT2D eigenvalue weighted by Gasteiger charge is 1.98. The van der Waals surface area contributed by atoms with Crippen LogP contribution >= 0.6 is 0 Å². The maximum atomic E-state index is 9.25. The number of rotatable bonds is 1. The number of aromatic nitrogens is 2. The molecule has 4 heteroatoms. The van der Waals surface area contributed by atoms with Crippen LogP contribution < -0.4 is 5.49 Å². The largest absolute Gasteiger partial charge is 0.427 e. The van der Waals surface area contributed by atoms with E-state index in [4.69, 9.17) is 5.41 Å². The van der Waals surface area contributed by atoms with Gasteiger partial charge in [-0.1, -0.05) is 30.3 Å². The second-order valence-electron chi connectivity index (χ2n) is 2.87. The standard InChI is InChI=1S/C10H9N3O/c11-10-6-12-9(7-13(10)14)8-4-2-1-3-5-8/h1-7,11,14H. The van der Waals surface area contributed by atoms with Crippen molar-refractivity contribution < 1.29 is 5.21 Å². The highest BCUT2D eigenvalue weighted by atomic mass is 16.5. The van der Waals surface area contributed by atoms with Crippen molar-refractivity contribution in [2.75, 3.05) is 0 Å². The summed E-state index contributed by atoms with van der Waals surface area (Å²) in [5.41, 5.74) is 1.52. The van der Waals surface area contributed by atoms with Gasteiger partial charge in [-0.25, -0.2) is 0 Å². The molecule has 2 N–H and O–H groups in total. The highest BCUT2D eigenvalue weighted by Crippen LogP contribution is 2.13. The van der Waals surface area contributed by atoms with E-state index >= 15 is 0 Å². The van der Waals surface area contributed by atoms with Crippen LogP contribution in [0.3, 0.4) is 0 Å². The Bertz CT molecular complexity index is 490. The second kappa shape index (κ2) is 3.33. The lowest BCUT2D eigenvalue weighted by Gasteiger charge is -2.01. The molecule has 0 radical (unpaired) electrons. The Balaban J connectivity index is 2.54. The molecule has 2 aromatic rings. The molecule has 0 atom stereocenters. The molecule has 0 fully saturated rings. The third kappa shape index (κ3) is 1.50. The molecule has 1 heterocycles. The molecule has 0 spiro atoms. The molecule has 0 saturated heterocycles. The zero-order valence-corrected chi connectivity index (χ0v) is 7.38. The fourth-order valence-electron chi connectivity index (χ4n) is 1.17. The molecule has 0 aliphatic carbocycles. The van der Waals surface area contributed by atoms with Crippen molar-refractivity contribution in [1.82, 2.24) is 9.71 Å². The average Bonchev–Trinajstić information content (AvgIpc) is 2.23. The molecule has 14 heavy (non-hydrogen) atoms. The summed E-state index contributed by atoms with van der Waals surface area (Å²) in [6.07, 6.45) is 2.72. The topological polar surface area (TPSA) is 61.9 Å². The minimum atomic E-state index is -0.0373. The molecular weight excluding hydrogens is 178 g/mol. The van der Waals surface area contributed by atoms with Crippen molar-refractivity contribution in [2.24, 2.45) is 0 Å². The van der Waals surface area contributed by atoms with Gasteiger partial charge in [0.2, 0.25) is 0 Å². The molecule has 0 aliphatic heterocycles. The van der Waals surface area contributed by atoms with Gasteiger partial charge >= 0.3 is 0 Å². The molecule has 4 nitrogen and oxygen atoms in total. The minimum absolute atomic E-state index is 0.0373. The predicted molar refractivity (Wildman–Crippen MR) is 50.7 cm³/mol. The van der Waals surface area contributed by atoms with Gasteiger partial charge in [0.15, 0.2) is 5.49 Å². The van der Waals surface area contributed by atoms with Crippen LogP contribution in [0, 0.1) is 5.41 Å². The van der Waals surface area contributed by atoms with Crippen molar-refractivity contribution >= 4 is 0 Å². The van der Waals surface area contributed by atoms with Crippen LogP contribution in [0.5, 0.6) is 0 Å². The van der Waals surface area contributed by atoms with E-state index in [-0.39, 0.29) is 5.49 Å². The molecule has 2 rings (SSSR count). The van der Waals surface area contributed by atoms with E-state index in [1.165, 1.54) is 12.4 Å². The Morgan fingerprint density at radius 3 is 2.57 bits per heavy atom. The average molecular weight is 187 g/mol. The first-order valence-electron chi connectivity index (χ1n) is 4.15. The van der Waals surface area contributed by atoms with Gasteiger partial charge in [-0.3, -0.25) is 10.4 Å². The van der Waals surface area contributed by atoms with Crippen molar-refractivity contribution in [3.05, 3.63) is 48.2 Å². The Labute approximate surface area is 80.6 Å². The summed E-state index contributed by atoms with van der Waals surface area (Å²) in [6.45, 7) is 0. The van der Waals surface area contributed by atoms with Gasteiger partial charge in [-0.2, -0.15) is 4.73 Å². The van der Waals surface area contributed by atoms with Crippen molar-refractivity contribution in [2.45, 2.75) is 0 Å². The zero-order valence-electron chi connectivity index (χ0n) is 7.38. The van der Waals surface area contributed by atoms with Gasteiger partial charge in [0.1, 0.15) is 0 Å². The lowest BCUT2D eigenvalue weighted by Crippen LogP contribution is -2.17. The van der Waals surface area contributed by atoms with Crippen molar-refractivity contribution in [3.63, 3.8) is 0 Å². The van der Waals surface area contributed by atoms with E-state index in [9.17, 15) is 5.21 Å². The number of hydrogen-bond donors (Lipinski definition) is 2. The maximum Gasteiger partial charge on any atom is 0.179 e. The number of nitrogens with one attached hydrogen (secondary N) is 1. The van der Waals surface area contributed by atoms with Crippen LogP contribution in [0.1, 0.15) is 0 Å². The summed E-state index contributed by atoms with van der Waals surface area (Å²) in [4.78, 5) is 4.04. The molecule has 0 unspecified atom stereocenters. The van der Waals surface area contributed by atoms with Crippen LogP contribution in [0.2, 0.25) is 0 Å². The fourth-order valence-corrected chi connectivity index (χ4v) is 1.17. The molecule has 1 aromatic carbocycles. The number of benzene rings is 1. The SMILES string of the molecule is N=c1cnc(-c2ccccc2)cn1O. The van der Waals surface area contributed by atoms with Gasteiger partial charge < -0.3 is 5.21 Å². The summed E-state index contributed by atoms with van der Waals surface area (Å²) in [5.74, 6) is 0. The summed E-state index contributed by atoms with van der Waals surface area (Å²) in [7, 11) is 0. The quantitative estimate of drug-likeness (QED) is 0.660. The van der Waals surface area contributed by atoms with Crippen LogP contribution in [0.25, 0.3) is 11.3 Å². The fraction of sp³-hybridized carbons (Fsp3) is 0. The van der Waals surface area contributed by atoms with Gasteiger partial charge in [0, 0.05) is 5.56 Å². The van der Waals surface area contributed by atoms with Crippen LogP contribution in [-0.4, -0.2) is 14.9 Å². The zero-order chi connectivity index (χ0) is 9.97. The smallest absolute Gasteiger partial charge is 0.179 e. The Morgan fingerprint density at radius 1 is 1.21 bits per heavy atom. The lowest BCUT2D eigenvalue weighted by atomic mass is 10.2. The van der Waals surface area contributed by atoms with Crippen LogP contribution in [0.4, 0.5) is 0 Å². The van der Waals surface area contributed by atoms with Gasteiger partial charge in [0.05, 0.1) is 18.1 Å². The Kier molecular flexibility index (Phi) is 2.02. The van der Waals surface area contributed by atoms with Crippen LogP contribution in [0.15, 0.2) is 42.7 Å². The molecule has 0 aliphatic rings. The van der Waals surface area contributed by atoms with E-state index in [0.29, 0.717) is 5.69 Å². The summed E-state index contributed by atoms with van der Waals surface area (Å²) >= 11 is 0. The third-order valence-corrected chi connectivity index (χ3v) is 1.89. The first-order valence-corrected chi connectivity index (χ1v) is 4.15. The molecule has 0 saturated carbocycles. The first-order chi connectivity index (χ1) is 6.77. The van der Waals surface area contributed by atoms with Crippen molar-refractivity contribution in [1.29, 1.82) is 5.41 Å². The Morgan fingerprint density at radius 2 is 1.93 bits per heavy atom. The van der Waals surface area contributed by atoms with E-state index in [1.807, 2.05) is 30.3 Å². The number of hydrogen-bond acceptors (Lipinski definition) is 3. The van der Waals surface area contributed by atoms with Gasteiger partial charge in [-0.05, 0) is 0 Å². The normalized spacial score (nSPS) is 10.0. The predicted octanol–water partition coefficient (Wildman–Crippen LogP) is 1.27. The summed E-state index contributed by atoms with van der Waals surface area (Å²) in [6, 6.07) is 9.49. The molecule has 1 aromatic heterocycles. The molecular formula is C10H9N3O. The molecule has 0 bridgehead atoms. The maximum absolute atomic E-state index is 9.25. The number of nitrogens with zero attached hydrogens (tertiary/aromatic N) is 2. The highest BCUT2D eigenvalue weighted by molar-refractivity contribution is 5.57. The van der Waals surface area contributed by atoms with E-state index in [0.717, 1.165) is 10.3 Å².